The molecule has 2 N–H and O–H groups in total. The lowest BCUT2D eigenvalue weighted by Gasteiger charge is -2.21. The van der Waals surface area contributed by atoms with E-state index in [0.717, 1.165) is 6.20 Å². The Hall–Kier alpha value is -1.94. The van der Waals surface area contributed by atoms with Crippen molar-refractivity contribution in [3.8, 4) is 0 Å². The number of carbonyl (C=O) groups excluding carboxylic acids is 2. The van der Waals surface area contributed by atoms with Gasteiger partial charge in [0.1, 0.15) is 5.69 Å². The van der Waals surface area contributed by atoms with Crippen molar-refractivity contribution in [2.45, 2.75) is 25.2 Å². The maximum Gasteiger partial charge on any atom is 0.265 e. The minimum absolute atomic E-state index is 0.0414. The van der Waals surface area contributed by atoms with Crippen LogP contribution in [-0.4, -0.2) is 40.7 Å². The van der Waals surface area contributed by atoms with Gasteiger partial charge in [0.2, 0.25) is 11.8 Å². The molecule has 2 amide bonds. The van der Waals surface area contributed by atoms with Gasteiger partial charge in [-0.25, -0.2) is 4.39 Å². The molecule has 1 atom stereocenters. The third kappa shape index (κ3) is 3.79. The van der Waals surface area contributed by atoms with Gasteiger partial charge in [-0.05, 0) is 6.42 Å². The fraction of sp³-hybridized carbons (Fsp3) is 0.455. The van der Waals surface area contributed by atoms with Gasteiger partial charge in [-0.2, -0.15) is 18.6 Å². The number of carbonyl (C=O) groups is 2. The van der Waals surface area contributed by atoms with E-state index in [1.807, 2.05) is 0 Å². The summed E-state index contributed by atoms with van der Waals surface area (Å²) in [5, 5.41) is 9.12. The Morgan fingerprint density at radius 3 is 2.76 bits per heavy atom. The minimum atomic E-state index is -4.25. The highest BCUT2D eigenvalue weighted by Crippen LogP contribution is 2.27. The van der Waals surface area contributed by atoms with Crippen LogP contribution in [0, 0.1) is 5.82 Å². The van der Waals surface area contributed by atoms with E-state index in [4.69, 9.17) is 4.55 Å². The molecule has 10 heteroatoms. The molecule has 0 radical (unpaired) electrons. The summed E-state index contributed by atoms with van der Waals surface area (Å²) in [6.45, 7) is 0. The Balaban J connectivity index is 2.25. The summed E-state index contributed by atoms with van der Waals surface area (Å²) in [5.41, 5.74) is -0.296. The minimum Gasteiger partial charge on any atom is -0.296 e. The first kappa shape index (κ1) is 15.4. The summed E-state index contributed by atoms with van der Waals surface area (Å²) >= 11 is 0. The second-order valence-corrected chi connectivity index (χ2v) is 6.17. The third-order valence-electron chi connectivity index (χ3n) is 3.09. The van der Waals surface area contributed by atoms with Crippen molar-refractivity contribution in [2.24, 2.45) is 0 Å². The van der Waals surface area contributed by atoms with Gasteiger partial charge in [0.25, 0.3) is 10.1 Å². The molecule has 0 aliphatic carbocycles. The van der Waals surface area contributed by atoms with Gasteiger partial charge >= 0.3 is 0 Å². The van der Waals surface area contributed by atoms with E-state index < -0.39 is 39.4 Å². The predicted molar refractivity (Wildman–Crippen MR) is 67.2 cm³/mol. The van der Waals surface area contributed by atoms with E-state index in [2.05, 4.69) is 15.5 Å². The lowest BCUT2D eigenvalue weighted by molar-refractivity contribution is -0.134. The predicted octanol–water partition coefficient (Wildman–Crippen LogP) is -0.434. The summed E-state index contributed by atoms with van der Waals surface area (Å²) in [6.07, 6.45) is 0.939. The van der Waals surface area contributed by atoms with Crippen LogP contribution in [0.2, 0.25) is 0 Å². The average molecular weight is 317 g/mol. The van der Waals surface area contributed by atoms with E-state index in [0.29, 0.717) is 0 Å². The molecule has 1 saturated heterocycles. The molecule has 0 saturated carbocycles. The van der Waals surface area contributed by atoms with Gasteiger partial charge in [0.05, 0.1) is 17.9 Å². The fourth-order valence-electron chi connectivity index (χ4n) is 2.05. The van der Waals surface area contributed by atoms with Crippen molar-refractivity contribution in [3.63, 3.8) is 0 Å². The average Bonchev–Trinajstić information content (AvgIpc) is 2.37. The fourth-order valence-corrected chi connectivity index (χ4v) is 2.50. The van der Waals surface area contributed by atoms with Crippen LogP contribution in [0.25, 0.3) is 0 Å². The summed E-state index contributed by atoms with van der Waals surface area (Å²) in [4.78, 5) is 22.8. The van der Waals surface area contributed by atoms with E-state index in [9.17, 15) is 22.4 Å². The standard InChI is InChI=1S/C11H12FN3O5S/c12-10-7(6-1-2-9(16)14-11(6)17)5-13-15-8(10)3-4-21(18,19)20/h5-6H,1-4H2,(H,14,16,17)(H,18,19,20). The molecular weight excluding hydrogens is 305 g/mol. The van der Waals surface area contributed by atoms with Crippen molar-refractivity contribution in [1.29, 1.82) is 0 Å². The highest BCUT2D eigenvalue weighted by Gasteiger charge is 2.31. The van der Waals surface area contributed by atoms with Crippen molar-refractivity contribution >= 4 is 21.9 Å². The van der Waals surface area contributed by atoms with Crippen LogP contribution in [-0.2, 0) is 26.1 Å². The lowest BCUT2D eigenvalue weighted by atomic mass is 9.91. The maximum atomic E-state index is 14.3. The van der Waals surface area contributed by atoms with Crippen molar-refractivity contribution in [2.75, 3.05) is 5.75 Å². The van der Waals surface area contributed by atoms with Gasteiger partial charge in [-0.1, -0.05) is 0 Å². The molecule has 8 nitrogen and oxygen atoms in total. The molecule has 21 heavy (non-hydrogen) atoms. The zero-order valence-electron chi connectivity index (χ0n) is 10.7. The normalized spacial score (nSPS) is 19.4. The molecule has 1 aromatic heterocycles. The van der Waals surface area contributed by atoms with Crippen LogP contribution >= 0.6 is 0 Å². The Morgan fingerprint density at radius 1 is 1.43 bits per heavy atom. The Morgan fingerprint density at radius 2 is 2.14 bits per heavy atom. The number of halogens is 1. The number of nitrogens with zero attached hydrogens (tertiary/aromatic N) is 2. The maximum absolute atomic E-state index is 14.3. The first-order valence-electron chi connectivity index (χ1n) is 6.06. The van der Waals surface area contributed by atoms with Crippen LogP contribution in [0.5, 0.6) is 0 Å². The number of hydrogen-bond donors (Lipinski definition) is 2. The first-order chi connectivity index (χ1) is 9.78. The van der Waals surface area contributed by atoms with Crippen LogP contribution in [0.3, 0.4) is 0 Å². The third-order valence-corrected chi connectivity index (χ3v) is 3.81. The summed E-state index contributed by atoms with van der Waals surface area (Å²) in [7, 11) is -4.25. The largest absolute Gasteiger partial charge is 0.296 e. The molecule has 1 aliphatic heterocycles. The molecule has 1 fully saturated rings. The molecule has 1 aliphatic rings. The van der Waals surface area contributed by atoms with E-state index in [1.54, 1.807) is 0 Å². The van der Waals surface area contributed by atoms with Gasteiger partial charge in [0, 0.05) is 18.4 Å². The molecule has 114 valence electrons. The number of hydrogen-bond acceptors (Lipinski definition) is 6. The molecular formula is C11H12FN3O5S. The Bertz CT molecular complexity index is 691. The van der Waals surface area contributed by atoms with E-state index in [1.165, 1.54) is 0 Å². The summed E-state index contributed by atoms with van der Waals surface area (Å²) < 4.78 is 44.3. The molecule has 2 heterocycles. The number of nitrogens with one attached hydrogen (secondary N) is 1. The number of amides is 2. The zero-order chi connectivity index (χ0) is 15.6. The van der Waals surface area contributed by atoms with E-state index in [-0.39, 0.29) is 30.5 Å². The van der Waals surface area contributed by atoms with E-state index >= 15 is 0 Å². The molecule has 1 aromatic rings. The first-order valence-corrected chi connectivity index (χ1v) is 7.67. The summed E-state index contributed by atoms with van der Waals surface area (Å²) in [6, 6.07) is 0. The van der Waals surface area contributed by atoms with Crippen molar-refractivity contribution < 1.29 is 27.0 Å². The second kappa shape index (κ2) is 5.82. The SMILES string of the molecule is O=C1CCC(c2cnnc(CCS(=O)(=O)O)c2F)C(=O)N1. The van der Waals surface area contributed by atoms with Gasteiger partial charge < -0.3 is 0 Å². The lowest BCUT2D eigenvalue weighted by Crippen LogP contribution is -2.40. The highest BCUT2D eigenvalue weighted by atomic mass is 32.2. The quantitative estimate of drug-likeness (QED) is 0.569. The summed E-state index contributed by atoms with van der Waals surface area (Å²) in [5.74, 6) is -3.47. The monoisotopic (exact) mass is 317 g/mol. The number of aromatic nitrogens is 2. The number of piperidine rings is 1. The zero-order valence-corrected chi connectivity index (χ0v) is 11.6. The molecule has 2 rings (SSSR count). The van der Waals surface area contributed by atoms with Crippen LogP contribution < -0.4 is 5.32 Å². The molecule has 0 bridgehead atoms. The topological polar surface area (TPSA) is 126 Å². The molecule has 0 aromatic carbocycles. The highest BCUT2D eigenvalue weighted by molar-refractivity contribution is 7.85. The van der Waals surface area contributed by atoms with Crippen LogP contribution in [0.1, 0.15) is 30.0 Å². The Kier molecular flexibility index (Phi) is 4.28. The Labute approximate surface area is 119 Å². The van der Waals surface area contributed by atoms with Gasteiger partial charge in [0.15, 0.2) is 5.82 Å². The molecule has 0 spiro atoms. The van der Waals surface area contributed by atoms with Gasteiger partial charge in [-0.3, -0.25) is 19.5 Å². The molecule has 1 unspecified atom stereocenters. The van der Waals surface area contributed by atoms with Crippen LogP contribution in [0.4, 0.5) is 4.39 Å². The van der Waals surface area contributed by atoms with Crippen LogP contribution in [0.15, 0.2) is 6.20 Å². The number of aryl methyl sites for hydroxylation is 1. The smallest absolute Gasteiger partial charge is 0.265 e. The second-order valence-electron chi connectivity index (χ2n) is 4.60. The van der Waals surface area contributed by atoms with Crippen molar-refractivity contribution in [1.82, 2.24) is 15.5 Å². The van der Waals surface area contributed by atoms with Gasteiger partial charge in [-0.15, -0.1) is 0 Å². The number of imide groups is 1. The number of rotatable bonds is 4. The van der Waals surface area contributed by atoms with Crippen molar-refractivity contribution in [3.05, 3.63) is 23.3 Å².